The molecule has 2 aromatic heterocycles. The fourth-order valence-corrected chi connectivity index (χ4v) is 2.27. The Balaban J connectivity index is 2.00. The predicted octanol–water partition coefficient (Wildman–Crippen LogP) is 3.65. The zero-order valence-corrected chi connectivity index (χ0v) is 14.6. The molecule has 0 bridgehead atoms. The first-order chi connectivity index (χ1) is 12.0. The first-order valence-corrected chi connectivity index (χ1v) is 7.74. The highest BCUT2D eigenvalue weighted by Crippen LogP contribution is 2.20. The van der Waals surface area contributed by atoms with Gasteiger partial charge in [0.15, 0.2) is 5.69 Å². The molecule has 8 nitrogen and oxygen atoms in total. The molecule has 9 heteroatoms. The number of nitrogens with zero attached hydrogens (tertiary/aromatic N) is 5. The number of aromatic nitrogens is 4. The lowest BCUT2D eigenvalue weighted by Crippen LogP contribution is -2.17. The van der Waals surface area contributed by atoms with Crippen LogP contribution in [0.1, 0.15) is 11.4 Å². The van der Waals surface area contributed by atoms with Crippen molar-refractivity contribution in [1.29, 1.82) is 0 Å². The zero-order valence-electron chi connectivity index (χ0n) is 13.8. The summed E-state index contributed by atoms with van der Waals surface area (Å²) in [6.07, 6.45) is 0. The molecule has 0 saturated heterocycles. The van der Waals surface area contributed by atoms with Gasteiger partial charge in [0.1, 0.15) is 0 Å². The normalized spacial score (nSPS) is 11.2. The Hall–Kier alpha value is -3.00. The Bertz CT molecular complexity index is 991. The van der Waals surface area contributed by atoms with E-state index in [9.17, 15) is 4.79 Å². The maximum absolute atomic E-state index is 12.6. The van der Waals surface area contributed by atoms with Crippen LogP contribution in [0.4, 0.5) is 11.4 Å². The number of aromatic amines is 1. The Kier molecular flexibility index (Phi) is 4.62. The topological polar surface area (TPSA) is 97.5 Å². The molecule has 3 rings (SSSR count). The third-order valence-electron chi connectivity index (χ3n) is 3.36. The first-order valence-electron chi connectivity index (χ1n) is 7.37. The van der Waals surface area contributed by atoms with Crippen molar-refractivity contribution < 1.29 is 4.74 Å². The van der Waals surface area contributed by atoms with Gasteiger partial charge < -0.3 is 4.74 Å². The van der Waals surface area contributed by atoms with Gasteiger partial charge in [0.25, 0.3) is 5.95 Å². The highest BCUT2D eigenvalue weighted by atomic mass is 35.5. The monoisotopic (exact) mass is 358 g/mol. The van der Waals surface area contributed by atoms with E-state index in [-0.39, 0.29) is 11.6 Å². The Morgan fingerprint density at radius 1 is 1.16 bits per heavy atom. The zero-order chi connectivity index (χ0) is 18.0. The molecule has 1 aromatic carbocycles. The van der Waals surface area contributed by atoms with Crippen LogP contribution in [0.25, 0.3) is 5.95 Å². The van der Waals surface area contributed by atoms with Gasteiger partial charge in [-0.3, -0.25) is 9.89 Å². The minimum absolute atomic E-state index is 0.179. The summed E-state index contributed by atoms with van der Waals surface area (Å²) in [6.45, 7) is 3.51. The number of azo groups is 1. The fraction of sp³-hybridized carbons (Fsp3) is 0.188. The molecule has 2 heterocycles. The number of H-pyrrole nitrogens is 1. The summed E-state index contributed by atoms with van der Waals surface area (Å²) in [7, 11) is 1.50. The predicted molar refractivity (Wildman–Crippen MR) is 93.6 cm³/mol. The summed E-state index contributed by atoms with van der Waals surface area (Å²) in [4.78, 5) is 21.0. The number of hydrogen-bond donors (Lipinski definition) is 1. The SMILES string of the molecule is COc1cc(C)nc(-n2[nH]c(C)c(N=Nc3ccc(Cl)cc3)c2=O)n1. The molecular weight excluding hydrogens is 344 g/mol. The van der Waals surface area contributed by atoms with E-state index in [1.807, 2.05) is 0 Å². The average molecular weight is 359 g/mol. The van der Waals surface area contributed by atoms with E-state index >= 15 is 0 Å². The van der Waals surface area contributed by atoms with Gasteiger partial charge in [0, 0.05) is 16.8 Å². The van der Waals surface area contributed by atoms with Crippen molar-refractivity contribution in [3.63, 3.8) is 0 Å². The molecule has 0 saturated carbocycles. The molecule has 0 aliphatic carbocycles. The van der Waals surface area contributed by atoms with E-state index in [4.69, 9.17) is 16.3 Å². The van der Waals surface area contributed by atoms with Gasteiger partial charge in [0.05, 0.1) is 18.5 Å². The maximum Gasteiger partial charge on any atom is 0.301 e. The number of benzene rings is 1. The smallest absolute Gasteiger partial charge is 0.301 e. The lowest BCUT2D eigenvalue weighted by molar-refractivity contribution is 0.395. The van der Waals surface area contributed by atoms with Gasteiger partial charge in [-0.25, -0.2) is 4.98 Å². The molecule has 0 radical (unpaired) electrons. The second-order valence-corrected chi connectivity index (χ2v) is 5.69. The quantitative estimate of drug-likeness (QED) is 0.719. The molecule has 0 atom stereocenters. The van der Waals surface area contributed by atoms with Gasteiger partial charge in [-0.05, 0) is 38.1 Å². The number of hydrogen-bond acceptors (Lipinski definition) is 6. The summed E-state index contributed by atoms with van der Waals surface area (Å²) < 4.78 is 6.33. The summed E-state index contributed by atoms with van der Waals surface area (Å²) in [5, 5.41) is 11.6. The number of rotatable bonds is 4. The van der Waals surface area contributed by atoms with Crippen LogP contribution in [-0.4, -0.2) is 26.9 Å². The first kappa shape index (κ1) is 16.8. The van der Waals surface area contributed by atoms with Crippen LogP contribution in [0, 0.1) is 13.8 Å². The third kappa shape index (κ3) is 3.58. The second kappa shape index (κ2) is 6.86. The van der Waals surface area contributed by atoms with Crippen LogP contribution < -0.4 is 10.3 Å². The van der Waals surface area contributed by atoms with Crippen molar-refractivity contribution in [2.75, 3.05) is 7.11 Å². The third-order valence-corrected chi connectivity index (χ3v) is 3.61. The largest absolute Gasteiger partial charge is 0.481 e. The summed E-state index contributed by atoms with van der Waals surface area (Å²) >= 11 is 5.83. The maximum atomic E-state index is 12.6. The lowest BCUT2D eigenvalue weighted by atomic mass is 10.3. The lowest BCUT2D eigenvalue weighted by Gasteiger charge is -2.04. The van der Waals surface area contributed by atoms with Crippen LogP contribution in [0.15, 0.2) is 45.4 Å². The molecular formula is C16H15ClN6O2. The van der Waals surface area contributed by atoms with Gasteiger partial charge >= 0.3 is 5.56 Å². The van der Waals surface area contributed by atoms with Crippen LogP contribution in [-0.2, 0) is 0 Å². The van der Waals surface area contributed by atoms with Crippen LogP contribution >= 0.6 is 11.6 Å². The van der Waals surface area contributed by atoms with Crippen molar-refractivity contribution in [2.24, 2.45) is 10.2 Å². The minimum Gasteiger partial charge on any atom is -0.481 e. The van der Waals surface area contributed by atoms with Gasteiger partial charge in [-0.1, -0.05) is 11.6 Å². The number of aryl methyl sites for hydroxylation is 2. The van der Waals surface area contributed by atoms with E-state index in [0.29, 0.717) is 28.0 Å². The van der Waals surface area contributed by atoms with Crippen LogP contribution in [0.2, 0.25) is 5.02 Å². The molecule has 25 heavy (non-hydrogen) atoms. The molecule has 128 valence electrons. The van der Waals surface area contributed by atoms with Crippen molar-refractivity contribution in [1.82, 2.24) is 19.7 Å². The molecule has 0 fully saturated rings. The van der Waals surface area contributed by atoms with E-state index in [1.54, 1.807) is 44.2 Å². The van der Waals surface area contributed by atoms with Crippen molar-refractivity contribution >= 4 is 23.0 Å². The van der Waals surface area contributed by atoms with Crippen molar-refractivity contribution in [3.8, 4) is 11.8 Å². The molecule has 0 aliphatic rings. The Morgan fingerprint density at radius 2 is 1.88 bits per heavy atom. The molecule has 0 aliphatic heterocycles. The van der Waals surface area contributed by atoms with Gasteiger partial charge in [-0.2, -0.15) is 14.8 Å². The van der Waals surface area contributed by atoms with E-state index in [2.05, 4.69) is 25.3 Å². The Labute approximate surface area is 148 Å². The number of methoxy groups -OCH3 is 1. The number of nitrogens with one attached hydrogen (secondary N) is 1. The highest BCUT2D eigenvalue weighted by molar-refractivity contribution is 6.30. The molecule has 0 spiro atoms. The molecule has 1 N–H and O–H groups in total. The average Bonchev–Trinajstić information content (AvgIpc) is 2.88. The number of ether oxygens (including phenoxy) is 1. The van der Waals surface area contributed by atoms with Crippen LogP contribution in [0.3, 0.4) is 0 Å². The van der Waals surface area contributed by atoms with Crippen molar-refractivity contribution in [2.45, 2.75) is 13.8 Å². The standard InChI is InChI=1S/C16H15ClN6O2/c1-9-8-13(25-3)19-16(18-9)23-15(24)14(10(2)22-23)21-20-12-6-4-11(17)5-7-12/h4-8,22H,1-3H3. The second-order valence-electron chi connectivity index (χ2n) is 5.25. The van der Waals surface area contributed by atoms with Gasteiger partial charge in [0.2, 0.25) is 5.88 Å². The summed E-state index contributed by atoms with van der Waals surface area (Å²) in [5.74, 6) is 0.545. The van der Waals surface area contributed by atoms with Gasteiger partial charge in [-0.15, -0.1) is 5.11 Å². The van der Waals surface area contributed by atoms with E-state index < -0.39 is 5.56 Å². The number of halogens is 1. The minimum atomic E-state index is -0.400. The van der Waals surface area contributed by atoms with E-state index in [1.165, 1.54) is 11.8 Å². The molecule has 0 amide bonds. The fourth-order valence-electron chi connectivity index (χ4n) is 2.14. The molecule has 0 unspecified atom stereocenters. The molecule has 3 aromatic rings. The highest BCUT2D eigenvalue weighted by Gasteiger charge is 2.15. The van der Waals surface area contributed by atoms with E-state index in [0.717, 1.165) is 0 Å². The van der Waals surface area contributed by atoms with Crippen molar-refractivity contribution in [3.05, 3.63) is 57.1 Å². The Morgan fingerprint density at radius 3 is 2.56 bits per heavy atom. The summed E-state index contributed by atoms with van der Waals surface area (Å²) in [6, 6.07) is 8.49. The van der Waals surface area contributed by atoms with Crippen LogP contribution in [0.5, 0.6) is 5.88 Å². The summed E-state index contributed by atoms with van der Waals surface area (Å²) in [5.41, 5.74) is 1.59.